The predicted molar refractivity (Wildman–Crippen MR) is 139 cm³/mol. The number of benzene rings is 1. The number of amides is 3. The average molecular weight is 702 g/mol. The summed E-state index contributed by atoms with van der Waals surface area (Å²) in [6.45, 7) is 2.73. The van der Waals surface area contributed by atoms with Gasteiger partial charge in [0, 0.05) is 147 Å². The van der Waals surface area contributed by atoms with Crippen molar-refractivity contribution in [1.29, 1.82) is 108 Å². The number of alkyl halides is 3. The van der Waals surface area contributed by atoms with Crippen LogP contribution in [0.3, 0.4) is 0 Å². The number of rotatable bonds is 3. The van der Waals surface area contributed by atoms with E-state index in [1.54, 1.807) is 16.8 Å². The van der Waals surface area contributed by atoms with Crippen molar-refractivity contribution in [2.45, 2.75) is 32.0 Å². The lowest BCUT2D eigenvalue weighted by Gasteiger charge is -2.36. The van der Waals surface area contributed by atoms with Crippen LogP contribution in [-0.2, 0) is 11.0 Å². The summed E-state index contributed by atoms with van der Waals surface area (Å²) in [6, 6.07) is 4.45. The minimum atomic E-state index is -4.44. The molecule has 0 unspecified atom stereocenters. The smallest absolute Gasteiger partial charge is 0.343 e. The van der Waals surface area contributed by atoms with Crippen LogP contribution in [0.4, 0.5) is 23.8 Å². The molecule has 2 heterocycles. The highest BCUT2D eigenvalue weighted by Crippen LogP contribution is 2.31. The third-order valence-corrected chi connectivity index (χ3v) is 5.15. The van der Waals surface area contributed by atoms with E-state index in [2.05, 4.69) is 15.3 Å². The lowest BCUT2D eigenvalue weighted by molar-refractivity contribution is -0.137. The van der Waals surface area contributed by atoms with Gasteiger partial charge in [-0.3, -0.25) is 15.1 Å². The van der Waals surface area contributed by atoms with E-state index in [1.165, 1.54) is 31.5 Å². The third-order valence-electron chi connectivity index (χ3n) is 5.15. The molecule has 30 heteroatoms. The van der Waals surface area contributed by atoms with E-state index < -0.39 is 11.7 Å². The van der Waals surface area contributed by atoms with E-state index >= 15 is 0 Å². The maximum absolute atomic E-state index is 12.9. The molecular weight excluding hydrogens is 679 g/mol. The van der Waals surface area contributed by atoms with Crippen LogP contribution in [0.15, 0.2) is 36.7 Å². The van der Waals surface area contributed by atoms with E-state index in [4.69, 9.17) is 108 Å². The zero-order valence-corrected chi connectivity index (χ0v) is 25.6. The number of likely N-dealkylation sites (tertiary alicyclic amines) is 1. The Morgan fingerprint density at radius 1 is 0.740 bits per heavy atom. The molecule has 1 N–H and O–H groups in total. The highest BCUT2D eigenvalue weighted by Gasteiger charge is 2.30. The summed E-state index contributed by atoms with van der Waals surface area (Å²) in [5, 5.41) is 123. The minimum absolute atomic E-state index is 0.00191. The van der Waals surface area contributed by atoms with Gasteiger partial charge in [-0.05, 0) is 25.0 Å². The molecule has 0 atom stereocenters. The van der Waals surface area contributed by atoms with Gasteiger partial charge in [-0.15, -0.1) is 0 Å². The molecule has 50 heavy (non-hydrogen) atoms. The van der Waals surface area contributed by atoms with Gasteiger partial charge in [-0.1, -0.05) is 12.1 Å². The van der Waals surface area contributed by atoms with Gasteiger partial charge >= 0.3 is 12.2 Å². The summed E-state index contributed by atoms with van der Waals surface area (Å²) in [7, 11) is 1.67. The number of carbonyl (C=O) groups is 2. The highest BCUT2D eigenvalue weighted by atomic mass is 19.4. The molecule has 3 amide bonds. The van der Waals surface area contributed by atoms with Crippen molar-refractivity contribution in [3.8, 4) is 11.3 Å². The molecule has 0 spiro atoms. The van der Waals surface area contributed by atoms with Crippen LogP contribution in [-0.4, -0.2) is 57.9 Å². The SMILES string of the molecule is CC(=O)N1CCC(N(C)C(=O)Nc2cnc(-c3cccc(C(F)(F)F)c3)cn2)CC1.N#N.N#N.N#N.N#N.N#N.N#N.N#N.N#N.N#N.N#N. The molecular formula is C20H22F3N25O2. The fraction of sp³-hybridized carbons (Fsp3) is 0.400. The standard InChI is InChI=1S/C20H22F3N5O2.10N2/c1-13(29)28-8-6-16(7-9-28)27(2)19(30)26-18-12-24-17(11-25-18)14-4-3-5-15(10-14)20(21,22)23;10*1-2/h3-5,10-12,16H,6-9H2,1-2H3,(H,25,26,30);;;;;;;;;;. The summed E-state index contributed by atoms with van der Waals surface area (Å²) in [5.74, 6) is 0.223. The first-order chi connectivity index (χ1) is 24.1. The maximum Gasteiger partial charge on any atom is 0.416 e. The van der Waals surface area contributed by atoms with Gasteiger partial charge in [0.25, 0.3) is 0 Å². The van der Waals surface area contributed by atoms with E-state index in [0.29, 0.717) is 25.9 Å². The molecule has 0 saturated carbocycles. The number of anilines is 1. The second-order valence-corrected chi connectivity index (χ2v) is 7.14. The van der Waals surface area contributed by atoms with Crippen molar-refractivity contribution >= 4 is 17.8 Å². The zero-order valence-electron chi connectivity index (χ0n) is 25.6. The van der Waals surface area contributed by atoms with Crippen molar-refractivity contribution in [3.63, 3.8) is 0 Å². The second kappa shape index (κ2) is 44.5. The van der Waals surface area contributed by atoms with Gasteiger partial charge in [-0.2, -0.15) is 13.2 Å². The molecule has 1 aromatic heterocycles. The number of hydrogen-bond donors (Lipinski definition) is 1. The first-order valence-electron chi connectivity index (χ1n) is 11.4. The Morgan fingerprint density at radius 2 is 1.16 bits per heavy atom. The van der Waals surface area contributed by atoms with E-state index in [-0.39, 0.29) is 35.1 Å². The van der Waals surface area contributed by atoms with Gasteiger partial charge in [0.05, 0.1) is 23.7 Å². The zero-order chi connectivity index (χ0) is 41.9. The van der Waals surface area contributed by atoms with Crippen LogP contribution in [0.5, 0.6) is 0 Å². The summed E-state index contributed by atoms with van der Waals surface area (Å²) < 4.78 is 38.6. The molecule has 1 aliphatic rings. The molecule has 0 radical (unpaired) electrons. The van der Waals surface area contributed by atoms with Crippen molar-refractivity contribution < 1.29 is 22.8 Å². The van der Waals surface area contributed by atoms with Crippen molar-refractivity contribution in [1.82, 2.24) is 19.8 Å². The Hall–Kier alpha value is -8.97. The first kappa shape index (κ1) is 60.3. The molecule has 1 saturated heterocycles. The molecule has 3 rings (SSSR count). The number of nitrogens with one attached hydrogen (secondary N) is 1. The van der Waals surface area contributed by atoms with Crippen molar-refractivity contribution in [3.05, 3.63) is 42.2 Å². The largest absolute Gasteiger partial charge is 0.416 e. The Kier molecular flexibility index (Phi) is 53.6. The fourth-order valence-corrected chi connectivity index (χ4v) is 3.33. The Morgan fingerprint density at radius 3 is 1.50 bits per heavy atom. The molecule has 1 fully saturated rings. The Bertz CT molecular complexity index is 1270. The number of urea groups is 1. The van der Waals surface area contributed by atoms with Gasteiger partial charge in [0.1, 0.15) is 0 Å². The molecule has 2 aromatic rings. The quantitative estimate of drug-likeness (QED) is 0.442. The topological polar surface area (TPSA) is 554 Å². The number of carbonyl (C=O) groups excluding carboxylic acids is 2. The van der Waals surface area contributed by atoms with Gasteiger partial charge in [0.2, 0.25) is 5.91 Å². The normalized spacial score (nSPS) is 9.42. The molecule has 1 aromatic carbocycles. The lowest BCUT2D eigenvalue weighted by Crippen LogP contribution is -2.48. The van der Waals surface area contributed by atoms with Crippen LogP contribution in [0.25, 0.3) is 11.3 Å². The number of nitrogens with zero attached hydrogens (tertiary/aromatic N) is 24. The van der Waals surface area contributed by atoms with Crippen LogP contribution in [0.2, 0.25) is 0 Å². The Balaban J connectivity index is -0.000000127. The van der Waals surface area contributed by atoms with Gasteiger partial charge in [-0.25, -0.2) is 9.78 Å². The van der Waals surface area contributed by atoms with Crippen LogP contribution < -0.4 is 5.32 Å². The van der Waals surface area contributed by atoms with Crippen molar-refractivity contribution in [2.24, 2.45) is 0 Å². The van der Waals surface area contributed by atoms with E-state index in [0.717, 1.165) is 12.1 Å². The minimum Gasteiger partial charge on any atom is -0.343 e. The monoisotopic (exact) mass is 701 g/mol. The molecule has 0 aliphatic carbocycles. The molecule has 1 aliphatic heterocycles. The van der Waals surface area contributed by atoms with Crippen molar-refractivity contribution in [2.75, 3.05) is 25.5 Å². The summed E-state index contributed by atoms with van der Waals surface area (Å²) >= 11 is 0. The van der Waals surface area contributed by atoms with Crippen LogP contribution in [0.1, 0.15) is 25.3 Å². The first-order valence-corrected chi connectivity index (χ1v) is 11.4. The number of aromatic nitrogens is 2. The number of hydrogen-bond acceptors (Lipinski definition) is 24. The lowest BCUT2D eigenvalue weighted by atomic mass is 10.0. The van der Waals surface area contributed by atoms with Gasteiger partial charge in [0.15, 0.2) is 5.82 Å². The summed E-state index contributed by atoms with van der Waals surface area (Å²) in [4.78, 5) is 35.4. The maximum atomic E-state index is 12.9. The number of piperidine rings is 1. The second-order valence-electron chi connectivity index (χ2n) is 7.14. The number of halogens is 3. The summed E-state index contributed by atoms with van der Waals surface area (Å²) in [6.07, 6.45) is -0.452. The third kappa shape index (κ3) is 25.5. The molecule has 0 bridgehead atoms. The van der Waals surface area contributed by atoms with Gasteiger partial charge < -0.3 is 9.80 Å². The Labute approximate surface area is 279 Å². The van der Waals surface area contributed by atoms with E-state index in [9.17, 15) is 22.8 Å². The average Bonchev–Trinajstić information content (AvgIpc) is 3.22. The highest BCUT2D eigenvalue weighted by molar-refractivity contribution is 5.88. The molecule has 260 valence electrons. The van der Waals surface area contributed by atoms with E-state index in [1.807, 2.05) is 0 Å². The fourth-order valence-electron chi connectivity index (χ4n) is 3.33. The van der Waals surface area contributed by atoms with Crippen LogP contribution >= 0.6 is 0 Å². The molecule has 27 nitrogen and oxygen atoms in total. The predicted octanol–water partition coefficient (Wildman–Crippen LogP) is 3.94. The van der Waals surface area contributed by atoms with Crippen LogP contribution in [0, 0.1) is 108 Å². The summed E-state index contributed by atoms with van der Waals surface area (Å²) in [5.41, 5.74) is -0.217.